The lowest BCUT2D eigenvalue weighted by molar-refractivity contribution is -0.141. The van der Waals surface area contributed by atoms with E-state index in [0.29, 0.717) is 54.4 Å². The maximum absolute atomic E-state index is 10.2. The predicted octanol–water partition coefficient (Wildman–Crippen LogP) is 13.4. The molecule has 0 bridgehead atoms. The second-order valence-corrected chi connectivity index (χ2v) is 13.2. The molecular formula is C48H100O13S3. The van der Waals surface area contributed by atoms with Gasteiger partial charge < -0.3 is 38.0 Å². The highest BCUT2D eigenvalue weighted by molar-refractivity contribution is 7.80. The molecule has 0 aromatic rings. The largest absolute Gasteiger partial charge is 0.490 e. The Morgan fingerprint density at radius 1 is 0.312 bits per heavy atom. The maximum Gasteiger partial charge on any atom is 0.305 e. The number of hydrogen-bond donors (Lipinski definition) is 0. The number of carbonyl (C=O) groups excluding carboxylic acids is 7. The van der Waals surface area contributed by atoms with Crippen LogP contribution in [-0.2, 0) is 62.0 Å². The van der Waals surface area contributed by atoms with Crippen molar-refractivity contribution in [1.29, 1.82) is 0 Å². The van der Waals surface area contributed by atoms with E-state index in [1.54, 1.807) is 41.9 Å². The van der Waals surface area contributed by atoms with Gasteiger partial charge in [-0.25, -0.2) is 0 Å². The Hall–Kier alpha value is -3.24. The van der Waals surface area contributed by atoms with Crippen LogP contribution in [0.5, 0.6) is 0 Å². The van der Waals surface area contributed by atoms with Crippen molar-refractivity contribution in [3.05, 3.63) is 0 Å². The minimum absolute atomic E-state index is 0.157. The van der Waals surface area contributed by atoms with E-state index in [9.17, 15) is 33.6 Å². The van der Waals surface area contributed by atoms with E-state index in [2.05, 4.69) is 94.4 Å². The fraction of sp³-hybridized carbons (Fsp3) is 0.792. The first kappa shape index (κ1) is 91.3. The normalized spacial score (nSPS) is 7.62. The van der Waals surface area contributed by atoms with Crippen LogP contribution in [0.3, 0.4) is 0 Å². The summed E-state index contributed by atoms with van der Waals surface area (Å²) in [6.45, 7) is 33.7. The summed E-state index contributed by atoms with van der Waals surface area (Å²) in [6, 6.07) is 0. The summed E-state index contributed by atoms with van der Waals surface area (Å²) in [5.41, 5.74) is 0. The number of esters is 4. The Bertz CT molecular complexity index is 810. The van der Waals surface area contributed by atoms with Gasteiger partial charge in [0.1, 0.15) is 17.3 Å². The van der Waals surface area contributed by atoms with Crippen LogP contribution in [0.2, 0.25) is 0 Å². The molecule has 64 heavy (non-hydrogen) atoms. The molecular weight excluding hydrogens is 881 g/mol. The van der Waals surface area contributed by atoms with Gasteiger partial charge in [0.15, 0.2) is 10.1 Å². The summed E-state index contributed by atoms with van der Waals surface area (Å²) < 4.78 is 26.0. The highest BCUT2D eigenvalue weighted by Crippen LogP contribution is 1.88. The van der Waals surface area contributed by atoms with Crippen LogP contribution >= 0.6 is 36.7 Å². The summed E-state index contributed by atoms with van der Waals surface area (Å²) in [6.07, 6.45) is 12.7. The van der Waals surface area contributed by atoms with Gasteiger partial charge in [-0.1, -0.05) is 135 Å². The second-order valence-electron chi connectivity index (χ2n) is 11.7. The van der Waals surface area contributed by atoms with Crippen LogP contribution in [0, 0.1) is 0 Å². The van der Waals surface area contributed by atoms with Gasteiger partial charge in [-0.3, -0.25) is 24.0 Å². The Balaban J connectivity index is -0.0000000462. The maximum atomic E-state index is 10.2. The first-order valence-electron chi connectivity index (χ1n) is 22.2. The van der Waals surface area contributed by atoms with Crippen molar-refractivity contribution in [2.24, 2.45) is 0 Å². The minimum Gasteiger partial charge on any atom is -0.490 e. The van der Waals surface area contributed by atoms with E-state index >= 15 is 0 Å². The van der Waals surface area contributed by atoms with Gasteiger partial charge in [0.2, 0.25) is 0 Å². The lowest BCUT2D eigenvalue weighted by atomic mass is 10.3. The van der Waals surface area contributed by atoms with Gasteiger partial charge in [0.05, 0.1) is 42.7 Å². The summed E-state index contributed by atoms with van der Waals surface area (Å²) in [5, 5.41) is 1.35. The van der Waals surface area contributed by atoms with Crippen LogP contribution < -0.4 is 0 Å². The second kappa shape index (κ2) is 94.4. The third kappa shape index (κ3) is 207. The standard InChI is InChI=1S/C5H10O.C5H10S.2C4H8O2.2C4H8OS.2C4H8O.2C4H10.2C3H6O2/c2*1-3-5(6)4-2;2*1-3-4(5)6-2;2*1-3-4(6)5-2;2*1-3-4(2)5;2*1-3-4-2;2*1-3(4)5-2/h2*3-4H2,1-2H3;4*3H2,1-2H3;2*3H2,1-2H3;2*3-4H2,1-2H3;2*1-2H3. The van der Waals surface area contributed by atoms with Gasteiger partial charge >= 0.3 is 23.9 Å². The number of ether oxygens (including phenoxy) is 6. The molecule has 0 N–H and O–H groups in total. The van der Waals surface area contributed by atoms with Crippen molar-refractivity contribution in [3.63, 3.8) is 0 Å². The zero-order chi connectivity index (χ0) is 53.9. The Kier molecular flexibility index (Phi) is 135. The number of thiocarbonyl (C=S) groups is 3. The Morgan fingerprint density at radius 2 is 0.516 bits per heavy atom. The monoisotopic (exact) mass is 981 g/mol. The molecule has 0 heterocycles. The van der Waals surface area contributed by atoms with E-state index in [4.69, 9.17) is 12.2 Å². The number of carbonyl (C=O) groups is 7. The first-order valence-corrected chi connectivity index (χ1v) is 23.4. The quantitative estimate of drug-likeness (QED) is 0.102. The van der Waals surface area contributed by atoms with Crippen molar-refractivity contribution in [1.82, 2.24) is 0 Å². The predicted molar refractivity (Wildman–Crippen MR) is 282 cm³/mol. The molecule has 0 aromatic carbocycles. The van der Waals surface area contributed by atoms with Crippen molar-refractivity contribution in [2.45, 2.75) is 215 Å². The topological polar surface area (TPSA) is 175 Å². The number of ketones is 3. The minimum atomic E-state index is -0.245. The highest BCUT2D eigenvalue weighted by atomic mass is 32.1. The third-order valence-corrected chi connectivity index (χ3v) is 7.70. The number of unbranched alkanes of at least 4 members (excludes halogenated alkanes) is 2. The lowest BCUT2D eigenvalue weighted by Crippen LogP contribution is -1.94. The molecule has 0 aliphatic heterocycles. The summed E-state index contributed by atoms with van der Waals surface area (Å²) >= 11 is 14.1. The van der Waals surface area contributed by atoms with Gasteiger partial charge in [-0.15, -0.1) is 0 Å². The zero-order valence-electron chi connectivity index (χ0n) is 45.4. The third-order valence-electron chi connectivity index (χ3n) is 6.21. The smallest absolute Gasteiger partial charge is 0.305 e. The van der Waals surface area contributed by atoms with Crippen molar-refractivity contribution in [3.8, 4) is 0 Å². The number of methoxy groups -OCH3 is 6. The molecule has 0 aliphatic carbocycles. The summed E-state index contributed by atoms with van der Waals surface area (Å²) in [5.74, 6) is 0.0463. The fourth-order valence-electron chi connectivity index (χ4n) is 1.08. The first-order chi connectivity index (χ1) is 29.8. The van der Waals surface area contributed by atoms with Gasteiger partial charge in [0, 0.05) is 65.2 Å². The van der Waals surface area contributed by atoms with E-state index in [-0.39, 0.29) is 35.4 Å². The van der Waals surface area contributed by atoms with Gasteiger partial charge in [-0.2, -0.15) is 0 Å². The molecule has 0 atom stereocenters. The molecule has 388 valence electrons. The highest BCUT2D eigenvalue weighted by Gasteiger charge is 1.89. The molecule has 0 unspecified atom stereocenters. The van der Waals surface area contributed by atoms with Crippen LogP contribution in [0.4, 0.5) is 0 Å². The number of hydrogen-bond acceptors (Lipinski definition) is 16. The van der Waals surface area contributed by atoms with E-state index in [1.807, 2.05) is 41.5 Å². The Labute approximate surface area is 410 Å². The summed E-state index contributed by atoms with van der Waals surface area (Å²) in [7, 11) is 8.64. The zero-order valence-corrected chi connectivity index (χ0v) is 47.9. The molecule has 0 saturated carbocycles. The molecule has 0 amide bonds. The van der Waals surface area contributed by atoms with Crippen LogP contribution in [0.1, 0.15) is 215 Å². The molecule has 0 rings (SSSR count). The molecule has 0 spiro atoms. The van der Waals surface area contributed by atoms with E-state index in [1.165, 1.54) is 72.8 Å². The van der Waals surface area contributed by atoms with Crippen LogP contribution in [0.25, 0.3) is 0 Å². The Morgan fingerprint density at radius 3 is 0.516 bits per heavy atom. The molecule has 0 aromatic heterocycles. The van der Waals surface area contributed by atoms with E-state index < -0.39 is 0 Å². The molecule has 0 radical (unpaired) electrons. The summed E-state index contributed by atoms with van der Waals surface area (Å²) in [4.78, 5) is 70.1. The van der Waals surface area contributed by atoms with Crippen molar-refractivity contribution in [2.75, 3.05) is 42.7 Å². The van der Waals surface area contributed by atoms with E-state index in [0.717, 1.165) is 25.7 Å². The molecule has 16 heteroatoms. The molecule has 0 aliphatic rings. The van der Waals surface area contributed by atoms with Gasteiger partial charge in [0.25, 0.3) is 0 Å². The average Bonchev–Trinajstić information content (AvgIpc) is 3.33. The van der Waals surface area contributed by atoms with Gasteiger partial charge in [-0.05, 0) is 56.0 Å². The lowest BCUT2D eigenvalue weighted by Gasteiger charge is -1.91. The van der Waals surface area contributed by atoms with Crippen LogP contribution in [-0.4, -0.2) is 98.9 Å². The SMILES string of the molecule is CCC(=O)CC.CCC(=O)OC.CCC(=O)OC.CCC(=S)CC.CCC(=S)OC.CCC(=S)OC.CCC(C)=O.CCC(C)=O.CCCC.CCCC.COC(C)=O.COC(C)=O. The number of Topliss-reactive ketones (excluding diaryl/α,β-unsaturated/α-hetero) is 3. The fourth-order valence-corrected chi connectivity index (χ4v) is 1.08. The molecule has 0 saturated heterocycles. The van der Waals surface area contributed by atoms with Crippen LogP contribution in [0.15, 0.2) is 0 Å². The molecule has 0 fully saturated rings. The van der Waals surface area contributed by atoms with Crippen molar-refractivity contribution < 1.29 is 62.0 Å². The van der Waals surface area contributed by atoms with Crippen molar-refractivity contribution >= 4 is 92.8 Å². The average molecular weight is 982 g/mol. The molecule has 13 nitrogen and oxygen atoms in total. The number of rotatable bonds is 12.